The van der Waals surface area contributed by atoms with Gasteiger partial charge in [0.2, 0.25) is 5.91 Å². The van der Waals surface area contributed by atoms with E-state index in [9.17, 15) is 9.59 Å². The maximum absolute atomic E-state index is 12.5. The fourth-order valence-corrected chi connectivity index (χ4v) is 2.68. The standard InChI is InChI=1S/C16H22N2O2/c1-4-5-11-18-14(19)12(2)17-15(20)16(18,3)13-9-7-6-8-10-13/h6-10,12H,4-5,11H2,1-3H3,(H,17,20). The van der Waals surface area contributed by atoms with Crippen LogP contribution in [0.3, 0.4) is 0 Å². The van der Waals surface area contributed by atoms with Crippen molar-refractivity contribution in [1.82, 2.24) is 10.2 Å². The van der Waals surface area contributed by atoms with Gasteiger partial charge in [0.1, 0.15) is 11.6 Å². The monoisotopic (exact) mass is 274 g/mol. The van der Waals surface area contributed by atoms with Gasteiger partial charge in [-0.25, -0.2) is 0 Å². The van der Waals surface area contributed by atoms with Crippen molar-refractivity contribution in [3.05, 3.63) is 35.9 Å². The van der Waals surface area contributed by atoms with Crippen LogP contribution in [0.4, 0.5) is 0 Å². The first kappa shape index (κ1) is 14.6. The molecule has 0 bridgehead atoms. The van der Waals surface area contributed by atoms with Gasteiger partial charge in [0.25, 0.3) is 5.91 Å². The molecule has 1 aromatic carbocycles. The highest BCUT2D eigenvalue weighted by Gasteiger charge is 2.48. The lowest BCUT2D eigenvalue weighted by Crippen LogP contribution is -2.67. The normalized spacial score (nSPS) is 26.6. The Labute approximate surface area is 120 Å². The van der Waals surface area contributed by atoms with E-state index in [1.165, 1.54) is 0 Å². The van der Waals surface area contributed by atoms with Crippen molar-refractivity contribution in [1.29, 1.82) is 0 Å². The molecule has 1 aliphatic heterocycles. The highest BCUT2D eigenvalue weighted by atomic mass is 16.2. The maximum atomic E-state index is 12.5. The Morgan fingerprint density at radius 2 is 1.90 bits per heavy atom. The highest BCUT2D eigenvalue weighted by molar-refractivity contribution is 5.99. The van der Waals surface area contributed by atoms with Crippen molar-refractivity contribution in [2.24, 2.45) is 0 Å². The second-order valence-corrected chi connectivity index (χ2v) is 5.48. The molecule has 4 nitrogen and oxygen atoms in total. The minimum absolute atomic E-state index is 0.00981. The van der Waals surface area contributed by atoms with Gasteiger partial charge < -0.3 is 10.2 Å². The molecule has 2 atom stereocenters. The van der Waals surface area contributed by atoms with E-state index < -0.39 is 11.6 Å². The van der Waals surface area contributed by atoms with Gasteiger partial charge in [-0.15, -0.1) is 0 Å². The molecule has 1 aromatic rings. The predicted molar refractivity (Wildman–Crippen MR) is 78.0 cm³/mol. The summed E-state index contributed by atoms with van der Waals surface area (Å²) in [6.07, 6.45) is 1.89. The Kier molecular flexibility index (Phi) is 4.12. The summed E-state index contributed by atoms with van der Waals surface area (Å²) in [6.45, 7) is 6.26. The van der Waals surface area contributed by atoms with E-state index in [1.807, 2.05) is 37.3 Å². The van der Waals surface area contributed by atoms with Crippen LogP contribution in [0, 0.1) is 0 Å². The first-order chi connectivity index (χ1) is 9.51. The summed E-state index contributed by atoms with van der Waals surface area (Å²) in [5.41, 5.74) is -0.0612. The maximum Gasteiger partial charge on any atom is 0.250 e. The molecule has 20 heavy (non-hydrogen) atoms. The number of benzene rings is 1. The largest absolute Gasteiger partial charge is 0.342 e. The number of hydrogen-bond donors (Lipinski definition) is 1. The molecule has 0 radical (unpaired) electrons. The number of nitrogens with one attached hydrogen (secondary N) is 1. The Balaban J connectivity index is 2.44. The molecule has 108 valence electrons. The van der Waals surface area contributed by atoms with E-state index in [0.29, 0.717) is 6.54 Å². The molecule has 1 aliphatic rings. The predicted octanol–water partition coefficient (Wildman–Crippen LogP) is 2.05. The van der Waals surface area contributed by atoms with E-state index in [1.54, 1.807) is 11.8 Å². The van der Waals surface area contributed by atoms with E-state index in [0.717, 1.165) is 18.4 Å². The van der Waals surface area contributed by atoms with E-state index in [-0.39, 0.29) is 11.8 Å². The molecule has 0 saturated carbocycles. The van der Waals surface area contributed by atoms with Crippen molar-refractivity contribution >= 4 is 11.8 Å². The van der Waals surface area contributed by atoms with Crippen LogP contribution in [0.1, 0.15) is 39.2 Å². The van der Waals surface area contributed by atoms with Gasteiger partial charge >= 0.3 is 0 Å². The van der Waals surface area contributed by atoms with Crippen molar-refractivity contribution in [2.75, 3.05) is 6.54 Å². The lowest BCUT2D eigenvalue weighted by atomic mass is 9.85. The fourth-order valence-electron chi connectivity index (χ4n) is 2.68. The van der Waals surface area contributed by atoms with E-state index >= 15 is 0 Å². The number of carbonyl (C=O) groups is 2. The Morgan fingerprint density at radius 3 is 2.50 bits per heavy atom. The number of carbonyl (C=O) groups excluding carboxylic acids is 2. The average Bonchev–Trinajstić information content (AvgIpc) is 2.46. The van der Waals surface area contributed by atoms with Gasteiger partial charge in [-0.3, -0.25) is 9.59 Å². The van der Waals surface area contributed by atoms with Gasteiger partial charge in [0.05, 0.1) is 0 Å². The number of piperazine rings is 1. The minimum atomic E-state index is -0.917. The number of hydrogen-bond acceptors (Lipinski definition) is 2. The minimum Gasteiger partial charge on any atom is -0.342 e. The number of unbranched alkanes of at least 4 members (excludes halogenated alkanes) is 1. The third-order valence-electron chi connectivity index (χ3n) is 4.04. The molecule has 1 fully saturated rings. The van der Waals surface area contributed by atoms with Crippen LogP contribution in [-0.4, -0.2) is 29.3 Å². The van der Waals surface area contributed by atoms with Gasteiger partial charge in [-0.1, -0.05) is 43.7 Å². The molecular formula is C16H22N2O2. The van der Waals surface area contributed by atoms with Crippen molar-refractivity contribution in [2.45, 2.75) is 45.2 Å². The number of rotatable bonds is 4. The van der Waals surface area contributed by atoms with Crippen LogP contribution in [0.25, 0.3) is 0 Å². The zero-order valence-corrected chi connectivity index (χ0v) is 12.3. The molecule has 1 saturated heterocycles. The molecule has 0 aromatic heterocycles. The Morgan fingerprint density at radius 1 is 1.25 bits per heavy atom. The molecule has 1 heterocycles. The summed E-state index contributed by atoms with van der Waals surface area (Å²) in [6, 6.07) is 9.07. The smallest absolute Gasteiger partial charge is 0.250 e. The third kappa shape index (κ3) is 2.30. The summed E-state index contributed by atoms with van der Waals surface area (Å²) >= 11 is 0. The lowest BCUT2D eigenvalue weighted by molar-refractivity contribution is -0.156. The molecule has 0 spiro atoms. The summed E-state index contributed by atoms with van der Waals surface area (Å²) in [5, 5.41) is 2.79. The van der Waals surface area contributed by atoms with Gasteiger partial charge in [0, 0.05) is 6.54 Å². The molecular weight excluding hydrogens is 252 g/mol. The first-order valence-corrected chi connectivity index (χ1v) is 7.19. The number of nitrogens with zero attached hydrogens (tertiary/aromatic N) is 1. The molecule has 1 N–H and O–H groups in total. The Bertz CT molecular complexity index is 500. The van der Waals surface area contributed by atoms with Crippen molar-refractivity contribution in [3.63, 3.8) is 0 Å². The van der Waals surface area contributed by atoms with Crippen LogP contribution in [0.15, 0.2) is 30.3 Å². The SMILES string of the molecule is CCCCN1C(=O)C(C)NC(=O)C1(C)c1ccccc1. The van der Waals surface area contributed by atoms with E-state index in [4.69, 9.17) is 0 Å². The quantitative estimate of drug-likeness (QED) is 0.913. The second kappa shape index (κ2) is 5.65. The van der Waals surface area contributed by atoms with Crippen LogP contribution in [0.2, 0.25) is 0 Å². The van der Waals surface area contributed by atoms with Gasteiger partial charge in [-0.2, -0.15) is 0 Å². The summed E-state index contributed by atoms with van der Waals surface area (Å²) in [5.74, 6) is -0.115. The second-order valence-electron chi connectivity index (χ2n) is 5.48. The third-order valence-corrected chi connectivity index (χ3v) is 4.04. The molecule has 2 rings (SSSR count). The zero-order chi connectivity index (χ0) is 14.8. The summed E-state index contributed by atoms with van der Waals surface area (Å²) in [4.78, 5) is 26.7. The molecule has 2 unspecified atom stereocenters. The molecule has 4 heteroatoms. The zero-order valence-electron chi connectivity index (χ0n) is 12.3. The van der Waals surface area contributed by atoms with Crippen LogP contribution >= 0.6 is 0 Å². The van der Waals surface area contributed by atoms with Crippen molar-refractivity contribution < 1.29 is 9.59 Å². The topological polar surface area (TPSA) is 49.4 Å². The van der Waals surface area contributed by atoms with E-state index in [2.05, 4.69) is 12.2 Å². The summed E-state index contributed by atoms with van der Waals surface area (Å²) in [7, 11) is 0. The van der Waals surface area contributed by atoms with Crippen LogP contribution in [-0.2, 0) is 15.1 Å². The first-order valence-electron chi connectivity index (χ1n) is 7.19. The van der Waals surface area contributed by atoms with Gasteiger partial charge in [0.15, 0.2) is 0 Å². The van der Waals surface area contributed by atoms with Crippen molar-refractivity contribution in [3.8, 4) is 0 Å². The van der Waals surface area contributed by atoms with Crippen LogP contribution < -0.4 is 5.32 Å². The number of amides is 2. The fraction of sp³-hybridized carbons (Fsp3) is 0.500. The molecule has 2 amide bonds. The lowest BCUT2D eigenvalue weighted by Gasteiger charge is -2.46. The van der Waals surface area contributed by atoms with Crippen LogP contribution in [0.5, 0.6) is 0 Å². The highest BCUT2D eigenvalue weighted by Crippen LogP contribution is 2.32. The van der Waals surface area contributed by atoms with Gasteiger partial charge in [-0.05, 0) is 25.8 Å². The summed E-state index contributed by atoms with van der Waals surface area (Å²) < 4.78 is 0. The molecule has 0 aliphatic carbocycles. The Hall–Kier alpha value is -1.84. The average molecular weight is 274 g/mol.